The minimum atomic E-state index is 0.306. The zero-order valence-corrected chi connectivity index (χ0v) is 12.0. The Morgan fingerprint density at radius 3 is 2.70 bits per heavy atom. The van der Waals surface area contributed by atoms with Crippen LogP contribution in [-0.2, 0) is 19.4 Å². The number of fused-ring (bicyclic) bond motifs is 1. The van der Waals surface area contributed by atoms with Crippen LogP contribution in [0.2, 0.25) is 5.02 Å². The molecule has 0 fully saturated rings. The molecule has 0 spiro atoms. The molecular weight excluding hydrogens is 272 g/mol. The summed E-state index contributed by atoms with van der Waals surface area (Å²) in [5, 5.41) is 0.574. The molecule has 1 aromatic carbocycles. The van der Waals surface area contributed by atoms with Crippen molar-refractivity contribution in [2.24, 2.45) is 5.73 Å². The van der Waals surface area contributed by atoms with Gasteiger partial charge < -0.3 is 10.5 Å². The van der Waals surface area contributed by atoms with Gasteiger partial charge in [0.05, 0.1) is 10.7 Å². The Morgan fingerprint density at radius 1 is 1.10 bits per heavy atom. The quantitative estimate of drug-likeness (QED) is 0.933. The van der Waals surface area contributed by atoms with Crippen LogP contribution in [0.25, 0.3) is 0 Å². The summed E-state index contributed by atoms with van der Waals surface area (Å²) in [6.07, 6.45) is 4.85. The summed E-state index contributed by atoms with van der Waals surface area (Å²) in [7, 11) is 0. The van der Waals surface area contributed by atoms with Gasteiger partial charge in [0.2, 0.25) is 5.88 Å². The first kappa shape index (κ1) is 13.4. The average Bonchev–Trinajstić information content (AvgIpc) is 2.49. The van der Waals surface area contributed by atoms with Crippen LogP contribution in [0.3, 0.4) is 0 Å². The molecule has 3 nitrogen and oxygen atoms in total. The summed E-state index contributed by atoms with van der Waals surface area (Å²) in [6, 6.07) is 9.81. The topological polar surface area (TPSA) is 48.1 Å². The van der Waals surface area contributed by atoms with Crippen molar-refractivity contribution >= 4 is 11.6 Å². The number of hydrogen-bond donors (Lipinski definition) is 1. The molecule has 0 saturated carbocycles. The van der Waals surface area contributed by atoms with Gasteiger partial charge in [-0.05, 0) is 55.0 Å². The molecule has 2 aromatic rings. The molecule has 0 atom stereocenters. The molecule has 20 heavy (non-hydrogen) atoms. The third-order valence-electron chi connectivity index (χ3n) is 3.63. The van der Waals surface area contributed by atoms with Crippen LogP contribution in [0.5, 0.6) is 11.6 Å². The van der Waals surface area contributed by atoms with E-state index < -0.39 is 0 Å². The van der Waals surface area contributed by atoms with E-state index >= 15 is 0 Å². The Morgan fingerprint density at radius 2 is 1.90 bits per heavy atom. The van der Waals surface area contributed by atoms with Crippen molar-refractivity contribution in [1.29, 1.82) is 0 Å². The summed E-state index contributed by atoms with van der Waals surface area (Å²) in [5.74, 6) is 1.36. The fourth-order valence-corrected chi connectivity index (χ4v) is 2.74. The molecule has 3 rings (SSSR count). The summed E-state index contributed by atoms with van der Waals surface area (Å²) in [5.41, 5.74) is 9.09. The molecule has 0 aliphatic heterocycles. The van der Waals surface area contributed by atoms with E-state index in [1.807, 2.05) is 6.07 Å². The van der Waals surface area contributed by atoms with Gasteiger partial charge in [-0.15, -0.1) is 0 Å². The molecule has 4 heteroatoms. The maximum atomic E-state index is 6.00. The molecule has 1 heterocycles. The van der Waals surface area contributed by atoms with Gasteiger partial charge in [-0.1, -0.05) is 17.7 Å². The minimum Gasteiger partial charge on any atom is -0.439 e. The van der Waals surface area contributed by atoms with Crippen molar-refractivity contribution < 1.29 is 4.74 Å². The number of hydrogen-bond acceptors (Lipinski definition) is 3. The Kier molecular flexibility index (Phi) is 3.90. The first-order chi connectivity index (χ1) is 9.76. The highest BCUT2D eigenvalue weighted by molar-refractivity contribution is 6.31. The lowest BCUT2D eigenvalue weighted by Gasteiger charge is -2.16. The van der Waals surface area contributed by atoms with E-state index in [4.69, 9.17) is 22.1 Å². The van der Waals surface area contributed by atoms with Gasteiger partial charge in [-0.25, -0.2) is 4.98 Å². The van der Waals surface area contributed by atoms with Crippen LogP contribution < -0.4 is 10.5 Å². The molecule has 1 aliphatic rings. The second-order valence-electron chi connectivity index (χ2n) is 5.02. The molecule has 0 unspecified atom stereocenters. The van der Waals surface area contributed by atoms with E-state index in [2.05, 4.69) is 17.1 Å². The lowest BCUT2D eigenvalue weighted by Crippen LogP contribution is -2.03. The van der Waals surface area contributed by atoms with Crippen LogP contribution in [0.4, 0.5) is 0 Å². The second-order valence-corrected chi connectivity index (χ2v) is 5.43. The zero-order chi connectivity index (χ0) is 13.9. The van der Waals surface area contributed by atoms with Gasteiger partial charge in [0.1, 0.15) is 5.75 Å². The monoisotopic (exact) mass is 288 g/mol. The number of benzene rings is 1. The van der Waals surface area contributed by atoms with Crippen LogP contribution in [0, 0.1) is 0 Å². The Balaban J connectivity index is 1.84. The third-order valence-corrected chi connectivity index (χ3v) is 3.97. The van der Waals surface area contributed by atoms with Crippen LogP contribution in [-0.4, -0.2) is 4.98 Å². The Hall–Kier alpha value is -1.58. The molecule has 0 bridgehead atoms. The summed E-state index contributed by atoms with van der Waals surface area (Å²) in [4.78, 5) is 4.32. The molecule has 1 aliphatic carbocycles. The van der Waals surface area contributed by atoms with Crippen molar-refractivity contribution in [3.63, 3.8) is 0 Å². The van der Waals surface area contributed by atoms with Crippen molar-refractivity contribution in [3.05, 3.63) is 52.2 Å². The fourth-order valence-electron chi connectivity index (χ4n) is 2.56. The number of nitrogens with zero attached hydrogens (tertiary/aromatic N) is 1. The molecule has 0 radical (unpaired) electrons. The molecule has 0 saturated heterocycles. The summed E-state index contributed by atoms with van der Waals surface area (Å²) >= 11 is 6.00. The van der Waals surface area contributed by atoms with Gasteiger partial charge in [0.15, 0.2) is 0 Å². The highest BCUT2D eigenvalue weighted by Gasteiger charge is 2.11. The van der Waals surface area contributed by atoms with Crippen molar-refractivity contribution in [2.75, 3.05) is 0 Å². The molecule has 2 N–H and O–H groups in total. The third kappa shape index (κ3) is 2.79. The average molecular weight is 289 g/mol. The van der Waals surface area contributed by atoms with Crippen molar-refractivity contribution in [3.8, 4) is 11.6 Å². The highest BCUT2D eigenvalue weighted by atomic mass is 35.5. The highest BCUT2D eigenvalue weighted by Crippen LogP contribution is 2.28. The van der Waals surface area contributed by atoms with Crippen LogP contribution >= 0.6 is 11.6 Å². The number of aromatic nitrogens is 1. The summed E-state index contributed by atoms with van der Waals surface area (Å²) < 4.78 is 5.82. The molecule has 104 valence electrons. The maximum absolute atomic E-state index is 6.00. The van der Waals surface area contributed by atoms with Gasteiger partial charge in [0.25, 0.3) is 0 Å². The Labute approximate surface area is 123 Å². The standard InChI is InChI=1S/C16H17ClN2O/c17-14-7-8-16(19-15(14)10-18)20-13-6-5-11-3-1-2-4-12(11)9-13/h5-9H,1-4,10,18H2. The van der Waals surface area contributed by atoms with Gasteiger partial charge in [-0.2, -0.15) is 0 Å². The zero-order valence-electron chi connectivity index (χ0n) is 11.2. The van der Waals surface area contributed by atoms with Gasteiger partial charge in [0, 0.05) is 12.6 Å². The second kappa shape index (κ2) is 5.81. The number of aryl methyl sites for hydroxylation is 2. The molecular formula is C16H17ClN2O. The summed E-state index contributed by atoms with van der Waals surface area (Å²) in [6.45, 7) is 0.306. The van der Waals surface area contributed by atoms with Gasteiger partial charge >= 0.3 is 0 Å². The van der Waals surface area contributed by atoms with Crippen molar-refractivity contribution in [1.82, 2.24) is 4.98 Å². The number of rotatable bonds is 3. The van der Waals surface area contributed by atoms with E-state index in [-0.39, 0.29) is 0 Å². The molecule has 1 aromatic heterocycles. The first-order valence-corrected chi connectivity index (χ1v) is 7.29. The maximum Gasteiger partial charge on any atom is 0.219 e. The largest absolute Gasteiger partial charge is 0.439 e. The number of pyridine rings is 1. The number of halogens is 1. The van der Waals surface area contributed by atoms with E-state index in [0.29, 0.717) is 23.1 Å². The smallest absolute Gasteiger partial charge is 0.219 e. The number of ether oxygens (including phenoxy) is 1. The van der Waals surface area contributed by atoms with E-state index in [0.717, 1.165) is 12.2 Å². The lowest BCUT2D eigenvalue weighted by atomic mass is 9.92. The normalized spacial score (nSPS) is 13.9. The lowest BCUT2D eigenvalue weighted by molar-refractivity contribution is 0.459. The SMILES string of the molecule is NCc1nc(Oc2ccc3c(c2)CCCC3)ccc1Cl. The molecule has 0 amide bonds. The van der Waals surface area contributed by atoms with Crippen molar-refractivity contribution in [2.45, 2.75) is 32.2 Å². The first-order valence-electron chi connectivity index (χ1n) is 6.91. The van der Waals surface area contributed by atoms with E-state index in [9.17, 15) is 0 Å². The Bertz CT molecular complexity index is 628. The minimum absolute atomic E-state index is 0.306. The predicted octanol–water partition coefficient (Wildman–Crippen LogP) is 3.86. The number of nitrogens with two attached hydrogens (primary N) is 1. The van der Waals surface area contributed by atoms with Crippen LogP contribution in [0.1, 0.15) is 29.7 Å². The van der Waals surface area contributed by atoms with E-state index in [1.165, 1.54) is 30.4 Å². The van der Waals surface area contributed by atoms with Gasteiger partial charge in [-0.3, -0.25) is 0 Å². The van der Waals surface area contributed by atoms with Crippen LogP contribution in [0.15, 0.2) is 30.3 Å². The fraction of sp³-hybridized carbons (Fsp3) is 0.312. The predicted molar refractivity (Wildman–Crippen MR) is 80.3 cm³/mol. The van der Waals surface area contributed by atoms with E-state index in [1.54, 1.807) is 12.1 Å².